The highest BCUT2D eigenvalue weighted by Crippen LogP contribution is 2.45. The number of nitrogens with one attached hydrogen (secondary N) is 1. The van der Waals surface area contributed by atoms with Crippen molar-refractivity contribution < 1.29 is 9.59 Å². The van der Waals surface area contributed by atoms with Gasteiger partial charge in [0.15, 0.2) is 0 Å². The molecule has 5 heteroatoms. The molecule has 4 rings (SSSR count). The summed E-state index contributed by atoms with van der Waals surface area (Å²) in [5.74, 6) is -0.319. The van der Waals surface area contributed by atoms with E-state index >= 15 is 0 Å². The van der Waals surface area contributed by atoms with Crippen LogP contribution < -0.4 is 5.32 Å². The second kappa shape index (κ2) is 10.3. The average molecular weight is 434 g/mol. The van der Waals surface area contributed by atoms with Gasteiger partial charge in [0, 0.05) is 18.7 Å². The van der Waals surface area contributed by atoms with E-state index in [-0.39, 0.29) is 23.8 Å². The van der Waals surface area contributed by atoms with Crippen LogP contribution in [0, 0.1) is 0 Å². The maximum absolute atomic E-state index is 13.6. The van der Waals surface area contributed by atoms with Crippen molar-refractivity contribution >= 4 is 11.8 Å². The maximum Gasteiger partial charge on any atom is 0.254 e. The Labute approximate surface area is 191 Å². The van der Waals surface area contributed by atoms with Gasteiger partial charge in [-0.3, -0.25) is 9.59 Å². The van der Waals surface area contributed by atoms with Crippen LogP contribution in [0.15, 0.2) is 48.5 Å². The Balaban J connectivity index is 1.55. The summed E-state index contributed by atoms with van der Waals surface area (Å²) in [6.07, 6.45) is 4.07. The zero-order valence-electron chi connectivity index (χ0n) is 19.3. The highest BCUT2D eigenvalue weighted by Gasteiger charge is 2.45. The molecule has 0 fully saturated rings. The molecular weight excluding hydrogens is 398 g/mol. The van der Waals surface area contributed by atoms with Gasteiger partial charge in [-0.05, 0) is 68.1 Å². The molecule has 170 valence electrons. The lowest BCUT2D eigenvalue weighted by molar-refractivity contribution is -0.124. The molecule has 2 aliphatic rings. The molecule has 0 unspecified atom stereocenters. The largest absolute Gasteiger partial charge is 0.355 e. The Morgan fingerprint density at radius 3 is 2.44 bits per heavy atom. The number of carbonyl (C=O) groups is 2. The first kappa shape index (κ1) is 22.5. The molecule has 2 amide bonds. The maximum atomic E-state index is 13.6. The average Bonchev–Trinajstić information content (AvgIpc) is 2.82. The SMILES string of the molecule is CCCN(CCC)CCCNC(=O)[C@@H]1c2ccccc2C(=O)N2CCc3ccccc3[C@H]12. The van der Waals surface area contributed by atoms with Crippen molar-refractivity contribution in [3.63, 3.8) is 0 Å². The van der Waals surface area contributed by atoms with Gasteiger partial charge in [-0.2, -0.15) is 0 Å². The first-order chi connectivity index (χ1) is 15.7. The Hall–Kier alpha value is -2.66. The zero-order chi connectivity index (χ0) is 22.5. The minimum absolute atomic E-state index is 0.0224. The van der Waals surface area contributed by atoms with Crippen LogP contribution in [0.4, 0.5) is 0 Å². The van der Waals surface area contributed by atoms with Crippen LogP contribution in [-0.4, -0.2) is 54.3 Å². The predicted molar refractivity (Wildman–Crippen MR) is 128 cm³/mol. The van der Waals surface area contributed by atoms with Crippen molar-refractivity contribution in [3.05, 3.63) is 70.8 Å². The standard InChI is InChI=1S/C27H35N3O2/c1-3-16-29(17-4-2)18-9-15-28-26(31)24-22-12-7-8-13-23(22)27(32)30-19-14-20-10-5-6-11-21(20)25(24)30/h5-8,10-13,24-25H,3-4,9,14-19H2,1-2H3,(H,28,31)/t24-,25-/m1/s1. The van der Waals surface area contributed by atoms with Crippen molar-refractivity contribution in [2.24, 2.45) is 0 Å². The van der Waals surface area contributed by atoms with E-state index in [0.29, 0.717) is 18.7 Å². The third-order valence-electron chi connectivity index (χ3n) is 6.75. The van der Waals surface area contributed by atoms with Crippen LogP contribution in [0.25, 0.3) is 0 Å². The molecule has 32 heavy (non-hydrogen) atoms. The molecule has 0 saturated heterocycles. The Morgan fingerprint density at radius 2 is 1.69 bits per heavy atom. The monoisotopic (exact) mass is 433 g/mol. The molecule has 2 aromatic rings. The number of benzene rings is 2. The fraction of sp³-hybridized carbons (Fsp3) is 0.481. The molecule has 2 aromatic carbocycles. The molecule has 0 aliphatic carbocycles. The summed E-state index contributed by atoms with van der Waals surface area (Å²) in [7, 11) is 0. The van der Waals surface area contributed by atoms with E-state index in [1.165, 1.54) is 5.56 Å². The molecule has 0 bridgehead atoms. The quantitative estimate of drug-likeness (QED) is 0.605. The van der Waals surface area contributed by atoms with Crippen molar-refractivity contribution in [2.45, 2.75) is 51.5 Å². The first-order valence-electron chi connectivity index (χ1n) is 12.1. The minimum atomic E-state index is -0.382. The van der Waals surface area contributed by atoms with E-state index in [1.807, 2.05) is 41.3 Å². The number of nitrogens with zero attached hydrogens (tertiary/aromatic N) is 2. The second-order valence-electron chi connectivity index (χ2n) is 8.94. The molecule has 2 atom stereocenters. The molecule has 2 aliphatic heterocycles. The molecule has 2 heterocycles. The number of rotatable bonds is 9. The lowest BCUT2D eigenvalue weighted by atomic mass is 9.76. The Bertz CT molecular complexity index is 951. The Morgan fingerprint density at radius 1 is 1.00 bits per heavy atom. The molecule has 5 nitrogen and oxygen atoms in total. The van der Waals surface area contributed by atoms with Gasteiger partial charge in [-0.15, -0.1) is 0 Å². The zero-order valence-corrected chi connectivity index (χ0v) is 19.3. The van der Waals surface area contributed by atoms with E-state index in [2.05, 4.69) is 36.2 Å². The number of fused-ring (bicyclic) bond motifs is 4. The number of hydrogen-bond donors (Lipinski definition) is 1. The van der Waals surface area contributed by atoms with Gasteiger partial charge in [0.1, 0.15) is 0 Å². The lowest BCUT2D eigenvalue weighted by Gasteiger charge is -2.45. The van der Waals surface area contributed by atoms with Crippen LogP contribution in [0.3, 0.4) is 0 Å². The highest BCUT2D eigenvalue weighted by molar-refractivity contribution is 6.01. The topological polar surface area (TPSA) is 52.7 Å². The summed E-state index contributed by atoms with van der Waals surface area (Å²) in [6, 6.07) is 15.7. The molecular formula is C27H35N3O2. The van der Waals surface area contributed by atoms with Gasteiger partial charge in [0.2, 0.25) is 5.91 Å². The van der Waals surface area contributed by atoms with Crippen molar-refractivity contribution in [1.82, 2.24) is 15.1 Å². The minimum Gasteiger partial charge on any atom is -0.355 e. The van der Waals surface area contributed by atoms with Gasteiger partial charge >= 0.3 is 0 Å². The van der Waals surface area contributed by atoms with Crippen LogP contribution in [0.5, 0.6) is 0 Å². The van der Waals surface area contributed by atoms with Crippen LogP contribution in [0.1, 0.15) is 72.1 Å². The molecule has 0 radical (unpaired) electrons. The van der Waals surface area contributed by atoms with Crippen molar-refractivity contribution in [3.8, 4) is 0 Å². The third-order valence-corrected chi connectivity index (χ3v) is 6.75. The highest BCUT2D eigenvalue weighted by atomic mass is 16.2. The summed E-state index contributed by atoms with van der Waals surface area (Å²) < 4.78 is 0. The molecule has 0 aromatic heterocycles. The number of hydrogen-bond acceptors (Lipinski definition) is 3. The van der Waals surface area contributed by atoms with Gasteiger partial charge in [-0.1, -0.05) is 56.3 Å². The normalized spacial score (nSPS) is 19.3. The van der Waals surface area contributed by atoms with Crippen LogP contribution in [0.2, 0.25) is 0 Å². The summed E-state index contributed by atoms with van der Waals surface area (Å²) in [4.78, 5) is 31.2. The Kier molecular flexibility index (Phi) is 7.26. The van der Waals surface area contributed by atoms with Gasteiger partial charge < -0.3 is 15.1 Å². The third kappa shape index (κ3) is 4.44. The van der Waals surface area contributed by atoms with E-state index in [9.17, 15) is 9.59 Å². The number of amides is 2. The van der Waals surface area contributed by atoms with E-state index in [1.54, 1.807) is 0 Å². The fourth-order valence-electron chi connectivity index (χ4n) is 5.35. The predicted octanol–water partition coefficient (Wildman–Crippen LogP) is 4.15. The first-order valence-corrected chi connectivity index (χ1v) is 12.1. The van der Waals surface area contributed by atoms with Crippen LogP contribution >= 0.6 is 0 Å². The lowest BCUT2D eigenvalue weighted by Crippen LogP contribution is -2.50. The smallest absolute Gasteiger partial charge is 0.254 e. The molecule has 0 spiro atoms. The van der Waals surface area contributed by atoms with Crippen LogP contribution in [-0.2, 0) is 11.2 Å². The summed E-state index contributed by atoms with van der Waals surface area (Å²) >= 11 is 0. The summed E-state index contributed by atoms with van der Waals surface area (Å²) in [5, 5.41) is 3.21. The molecule has 0 saturated carbocycles. The van der Waals surface area contributed by atoms with Crippen molar-refractivity contribution in [1.29, 1.82) is 0 Å². The molecule has 1 N–H and O–H groups in total. The summed E-state index contributed by atoms with van der Waals surface area (Å²) in [5.41, 5.74) is 3.87. The van der Waals surface area contributed by atoms with Gasteiger partial charge in [0.25, 0.3) is 5.91 Å². The van der Waals surface area contributed by atoms with Crippen molar-refractivity contribution in [2.75, 3.05) is 32.7 Å². The van der Waals surface area contributed by atoms with E-state index < -0.39 is 0 Å². The fourth-order valence-corrected chi connectivity index (χ4v) is 5.35. The second-order valence-corrected chi connectivity index (χ2v) is 8.94. The summed E-state index contributed by atoms with van der Waals surface area (Å²) in [6.45, 7) is 8.94. The van der Waals surface area contributed by atoms with Gasteiger partial charge in [0.05, 0.1) is 12.0 Å². The van der Waals surface area contributed by atoms with E-state index in [0.717, 1.165) is 56.4 Å². The van der Waals surface area contributed by atoms with E-state index in [4.69, 9.17) is 0 Å². The van der Waals surface area contributed by atoms with Gasteiger partial charge in [-0.25, -0.2) is 0 Å². The number of carbonyl (C=O) groups excluding carboxylic acids is 2.